The Hall–Kier alpha value is -2.27. The summed E-state index contributed by atoms with van der Waals surface area (Å²) in [4.78, 5) is 21.3. The summed E-state index contributed by atoms with van der Waals surface area (Å²) in [6.07, 6.45) is 1.80. The molecule has 1 amide bonds. The van der Waals surface area contributed by atoms with Crippen LogP contribution in [0.4, 0.5) is 4.39 Å². The molecule has 0 spiro atoms. The number of benzene rings is 1. The molecule has 150 valence electrons. The smallest absolute Gasteiger partial charge is 0.236 e. The number of amides is 1. The number of likely N-dealkylation sites (N-methyl/N-ethyl adjacent to an activating group) is 1. The fourth-order valence-electron chi connectivity index (χ4n) is 4.00. The first kappa shape index (κ1) is 20.5. The predicted molar refractivity (Wildman–Crippen MR) is 110 cm³/mol. The van der Waals surface area contributed by atoms with Crippen LogP contribution in [0.2, 0.25) is 0 Å². The Labute approximate surface area is 167 Å². The molecule has 1 atom stereocenters. The van der Waals surface area contributed by atoms with Crippen molar-refractivity contribution >= 4 is 5.91 Å². The highest BCUT2D eigenvalue weighted by molar-refractivity contribution is 5.78. The van der Waals surface area contributed by atoms with Crippen LogP contribution < -0.4 is 0 Å². The Morgan fingerprint density at radius 2 is 1.89 bits per heavy atom. The number of carbonyl (C=O) groups is 1. The maximum absolute atomic E-state index is 13.1. The van der Waals surface area contributed by atoms with Crippen molar-refractivity contribution in [2.75, 3.05) is 32.7 Å². The molecule has 1 fully saturated rings. The minimum absolute atomic E-state index is 0.208. The van der Waals surface area contributed by atoms with Gasteiger partial charge in [-0.25, -0.2) is 4.39 Å². The summed E-state index contributed by atoms with van der Waals surface area (Å²) in [6.45, 7) is 9.89. The summed E-state index contributed by atoms with van der Waals surface area (Å²) in [5.74, 6) is 0.358. The molecule has 0 unspecified atom stereocenters. The second-order valence-electron chi connectivity index (χ2n) is 7.63. The monoisotopic (exact) mass is 383 g/mol. The second-order valence-corrected chi connectivity index (χ2v) is 7.63. The average Bonchev–Trinajstić information content (AvgIpc) is 3.13. The zero-order chi connectivity index (χ0) is 20.1. The molecular weight excluding hydrogens is 353 g/mol. The molecule has 1 aromatic carbocycles. The standard InChI is InChI=1S/C23H30FN3O/c1-4-27(5-2)23(28)16-26-11-10-20(15-26)22-14-19(12-17(3)25-22)13-18-6-8-21(24)9-7-18/h6-9,12,14,20H,4-5,10-11,13,15-16H2,1-3H3/t20-/m1/s1. The lowest BCUT2D eigenvalue weighted by Gasteiger charge is -2.22. The number of halogens is 1. The summed E-state index contributed by atoms with van der Waals surface area (Å²) in [7, 11) is 0. The quantitative estimate of drug-likeness (QED) is 0.730. The highest BCUT2D eigenvalue weighted by atomic mass is 19.1. The number of rotatable bonds is 7. The molecule has 28 heavy (non-hydrogen) atoms. The van der Waals surface area contributed by atoms with E-state index in [9.17, 15) is 9.18 Å². The van der Waals surface area contributed by atoms with Gasteiger partial charge in [-0.3, -0.25) is 14.7 Å². The third-order valence-corrected chi connectivity index (χ3v) is 5.52. The van der Waals surface area contributed by atoms with Crippen LogP contribution in [-0.2, 0) is 11.2 Å². The molecule has 0 radical (unpaired) electrons. The molecule has 3 rings (SSSR count). The van der Waals surface area contributed by atoms with Gasteiger partial charge in [-0.1, -0.05) is 12.1 Å². The van der Waals surface area contributed by atoms with Crippen LogP contribution in [-0.4, -0.2) is 53.4 Å². The first-order chi connectivity index (χ1) is 13.5. The van der Waals surface area contributed by atoms with Gasteiger partial charge in [-0.15, -0.1) is 0 Å². The van der Waals surface area contributed by atoms with Crippen molar-refractivity contribution in [3.8, 4) is 0 Å². The minimum Gasteiger partial charge on any atom is -0.342 e. The van der Waals surface area contributed by atoms with Crippen LogP contribution in [0, 0.1) is 12.7 Å². The summed E-state index contributed by atoms with van der Waals surface area (Å²) in [5.41, 5.74) is 4.41. The molecule has 4 nitrogen and oxygen atoms in total. The van der Waals surface area contributed by atoms with Crippen molar-refractivity contribution in [1.29, 1.82) is 0 Å². The van der Waals surface area contributed by atoms with E-state index < -0.39 is 0 Å². The molecule has 5 heteroatoms. The maximum atomic E-state index is 13.1. The van der Waals surface area contributed by atoms with Crippen molar-refractivity contribution in [2.24, 2.45) is 0 Å². The van der Waals surface area contributed by atoms with E-state index in [2.05, 4.69) is 17.0 Å². The SMILES string of the molecule is CCN(CC)C(=O)CN1CC[C@@H](c2cc(Cc3ccc(F)cc3)cc(C)n2)C1. The van der Waals surface area contributed by atoms with Crippen LogP contribution in [0.1, 0.15) is 48.7 Å². The number of pyridine rings is 1. The molecule has 1 aliphatic rings. The van der Waals surface area contributed by atoms with Gasteiger partial charge in [0.25, 0.3) is 0 Å². The van der Waals surface area contributed by atoms with Gasteiger partial charge in [0.2, 0.25) is 5.91 Å². The fourth-order valence-corrected chi connectivity index (χ4v) is 4.00. The maximum Gasteiger partial charge on any atom is 0.236 e. The number of hydrogen-bond acceptors (Lipinski definition) is 3. The lowest BCUT2D eigenvalue weighted by molar-refractivity contribution is -0.131. The molecule has 0 bridgehead atoms. The zero-order valence-electron chi connectivity index (χ0n) is 17.1. The third-order valence-electron chi connectivity index (χ3n) is 5.52. The number of aryl methyl sites for hydroxylation is 1. The number of likely N-dealkylation sites (tertiary alicyclic amines) is 1. The van der Waals surface area contributed by atoms with E-state index in [4.69, 9.17) is 4.98 Å². The summed E-state index contributed by atoms with van der Waals surface area (Å²) >= 11 is 0. The van der Waals surface area contributed by atoms with Gasteiger partial charge in [0.05, 0.1) is 6.54 Å². The Bertz CT molecular complexity index is 802. The Balaban J connectivity index is 1.66. The zero-order valence-corrected chi connectivity index (χ0v) is 17.1. The first-order valence-corrected chi connectivity index (χ1v) is 10.2. The van der Waals surface area contributed by atoms with Crippen molar-refractivity contribution in [3.05, 3.63) is 64.7 Å². The van der Waals surface area contributed by atoms with Crippen LogP contribution in [0.5, 0.6) is 0 Å². The normalized spacial score (nSPS) is 17.1. The Morgan fingerprint density at radius 1 is 1.18 bits per heavy atom. The minimum atomic E-state index is -0.208. The van der Waals surface area contributed by atoms with Gasteiger partial charge < -0.3 is 4.90 Å². The summed E-state index contributed by atoms with van der Waals surface area (Å²) < 4.78 is 13.1. The second kappa shape index (κ2) is 9.28. The Kier molecular flexibility index (Phi) is 6.79. The first-order valence-electron chi connectivity index (χ1n) is 10.2. The predicted octanol–water partition coefficient (Wildman–Crippen LogP) is 3.78. The summed E-state index contributed by atoms with van der Waals surface area (Å²) in [6, 6.07) is 11.0. The molecule has 1 aromatic heterocycles. The van der Waals surface area contributed by atoms with Crippen LogP contribution in [0.3, 0.4) is 0 Å². The number of aromatic nitrogens is 1. The van der Waals surface area contributed by atoms with Crippen molar-refractivity contribution < 1.29 is 9.18 Å². The topological polar surface area (TPSA) is 36.4 Å². The molecule has 2 aromatic rings. The lowest BCUT2D eigenvalue weighted by Crippen LogP contribution is -2.39. The lowest BCUT2D eigenvalue weighted by atomic mass is 9.98. The highest BCUT2D eigenvalue weighted by Gasteiger charge is 2.27. The van der Waals surface area contributed by atoms with Crippen LogP contribution in [0.15, 0.2) is 36.4 Å². The van der Waals surface area contributed by atoms with Gasteiger partial charge in [-0.2, -0.15) is 0 Å². The molecule has 2 heterocycles. The van der Waals surface area contributed by atoms with E-state index in [0.717, 1.165) is 56.0 Å². The summed E-state index contributed by atoms with van der Waals surface area (Å²) in [5, 5.41) is 0. The van der Waals surface area contributed by atoms with Crippen LogP contribution >= 0.6 is 0 Å². The number of hydrogen-bond donors (Lipinski definition) is 0. The van der Waals surface area contributed by atoms with E-state index in [0.29, 0.717) is 12.5 Å². The van der Waals surface area contributed by atoms with Crippen molar-refractivity contribution in [2.45, 2.75) is 39.5 Å². The number of nitrogens with zero attached hydrogens (tertiary/aromatic N) is 3. The van der Waals surface area contributed by atoms with Crippen LogP contribution in [0.25, 0.3) is 0 Å². The van der Waals surface area contributed by atoms with Gasteiger partial charge in [-0.05, 0) is 75.5 Å². The molecule has 1 aliphatic heterocycles. The van der Waals surface area contributed by atoms with E-state index in [1.54, 1.807) is 0 Å². The molecule has 0 aliphatic carbocycles. The average molecular weight is 384 g/mol. The number of carbonyl (C=O) groups excluding carboxylic acids is 1. The van der Waals surface area contributed by atoms with Crippen molar-refractivity contribution in [3.63, 3.8) is 0 Å². The molecule has 0 N–H and O–H groups in total. The van der Waals surface area contributed by atoms with Gasteiger partial charge in [0.15, 0.2) is 0 Å². The Morgan fingerprint density at radius 3 is 2.57 bits per heavy atom. The van der Waals surface area contributed by atoms with Gasteiger partial charge in [0, 0.05) is 36.9 Å². The largest absolute Gasteiger partial charge is 0.342 e. The van der Waals surface area contributed by atoms with E-state index in [1.165, 1.54) is 17.7 Å². The van der Waals surface area contributed by atoms with Gasteiger partial charge in [0.1, 0.15) is 5.82 Å². The molecule has 0 saturated carbocycles. The molecule has 1 saturated heterocycles. The van der Waals surface area contributed by atoms with E-state index in [1.807, 2.05) is 37.8 Å². The van der Waals surface area contributed by atoms with E-state index >= 15 is 0 Å². The molecular formula is C23H30FN3O. The van der Waals surface area contributed by atoms with Crippen molar-refractivity contribution in [1.82, 2.24) is 14.8 Å². The van der Waals surface area contributed by atoms with E-state index in [-0.39, 0.29) is 11.7 Å². The third kappa shape index (κ3) is 5.16. The fraction of sp³-hybridized carbons (Fsp3) is 0.478. The highest BCUT2D eigenvalue weighted by Crippen LogP contribution is 2.27. The van der Waals surface area contributed by atoms with Gasteiger partial charge >= 0.3 is 0 Å².